The molecular formula is C22H15ClN2O4. The standard InChI is InChI=1S/C22H15ClN2O4/c23-15-4-1-13(2-5-15)22-25-17-12-16(6-8-18(17)29-22)24-21(26)14-3-7-19-20(11-14)28-10-9-27-19/h1-8,11-12H,9-10H2,(H,24,26). The lowest BCUT2D eigenvalue weighted by molar-refractivity contribution is 0.102. The van der Waals surface area contributed by atoms with Gasteiger partial charge in [-0.05, 0) is 60.7 Å². The molecule has 0 saturated heterocycles. The molecule has 0 saturated carbocycles. The Morgan fingerprint density at radius 1 is 0.931 bits per heavy atom. The molecule has 0 spiro atoms. The van der Waals surface area contributed by atoms with E-state index in [9.17, 15) is 4.79 Å². The summed E-state index contributed by atoms with van der Waals surface area (Å²) < 4.78 is 16.8. The summed E-state index contributed by atoms with van der Waals surface area (Å²) in [5.41, 5.74) is 3.21. The lowest BCUT2D eigenvalue weighted by atomic mass is 10.1. The number of fused-ring (bicyclic) bond motifs is 2. The van der Waals surface area contributed by atoms with Gasteiger partial charge >= 0.3 is 0 Å². The monoisotopic (exact) mass is 406 g/mol. The highest BCUT2D eigenvalue weighted by Crippen LogP contribution is 2.31. The van der Waals surface area contributed by atoms with Crippen LogP contribution in [-0.4, -0.2) is 24.1 Å². The van der Waals surface area contributed by atoms with E-state index in [1.807, 2.05) is 12.1 Å². The van der Waals surface area contributed by atoms with Gasteiger partial charge in [0.2, 0.25) is 5.89 Å². The van der Waals surface area contributed by atoms with E-state index in [4.69, 9.17) is 25.5 Å². The van der Waals surface area contributed by atoms with Crippen LogP contribution in [0, 0.1) is 0 Å². The minimum absolute atomic E-state index is 0.247. The second kappa shape index (κ2) is 7.14. The normalized spacial score (nSPS) is 12.7. The molecule has 0 atom stereocenters. The maximum absolute atomic E-state index is 12.6. The van der Waals surface area contributed by atoms with Crippen molar-refractivity contribution in [3.05, 3.63) is 71.2 Å². The van der Waals surface area contributed by atoms with Gasteiger partial charge in [-0.3, -0.25) is 4.79 Å². The number of rotatable bonds is 3. The highest BCUT2D eigenvalue weighted by Gasteiger charge is 2.16. The quantitative estimate of drug-likeness (QED) is 0.508. The number of hydrogen-bond donors (Lipinski definition) is 1. The third-order valence-corrected chi connectivity index (χ3v) is 4.79. The highest BCUT2D eigenvalue weighted by molar-refractivity contribution is 6.30. The van der Waals surface area contributed by atoms with Crippen LogP contribution in [-0.2, 0) is 0 Å². The molecule has 6 nitrogen and oxygen atoms in total. The van der Waals surface area contributed by atoms with Crippen LogP contribution in [0.5, 0.6) is 11.5 Å². The van der Waals surface area contributed by atoms with Crippen LogP contribution >= 0.6 is 11.6 Å². The third-order valence-electron chi connectivity index (χ3n) is 4.54. The summed E-state index contributed by atoms with van der Waals surface area (Å²) in [6, 6.07) is 17.7. The zero-order valence-electron chi connectivity index (χ0n) is 15.1. The average molecular weight is 407 g/mol. The van der Waals surface area contributed by atoms with Gasteiger partial charge in [-0.2, -0.15) is 0 Å². The molecule has 1 aromatic heterocycles. The Morgan fingerprint density at radius 2 is 1.72 bits per heavy atom. The molecule has 3 aromatic carbocycles. The first kappa shape index (κ1) is 17.6. The van der Waals surface area contributed by atoms with Gasteiger partial charge in [0.25, 0.3) is 5.91 Å². The molecule has 1 aliphatic rings. The van der Waals surface area contributed by atoms with Crippen LogP contribution in [0.2, 0.25) is 5.02 Å². The Morgan fingerprint density at radius 3 is 2.55 bits per heavy atom. The Balaban J connectivity index is 1.39. The second-order valence-electron chi connectivity index (χ2n) is 6.52. The van der Waals surface area contributed by atoms with E-state index in [1.165, 1.54) is 0 Å². The molecule has 0 unspecified atom stereocenters. The SMILES string of the molecule is O=C(Nc1ccc2oc(-c3ccc(Cl)cc3)nc2c1)c1ccc2c(c1)OCCO2. The van der Waals surface area contributed by atoms with Crippen molar-refractivity contribution in [1.82, 2.24) is 4.98 Å². The van der Waals surface area contributed by atoms with Gasteiger partial charge in [-0.1, -0.05) is 11.6 Å². The number of benzene rings is 3. The largest absolute Gasteiger partial charge is 0.486 e. The minimum atomic E-state index is -0.247. The maximum atomic E-state index is 12.6. The Labute approximate surface area is 171 Å². The van der Waals surface area contributed by atoms with Gasteiger partial charge in [0.1, 0.15) is 18.7 Å². The van der Waals surface area contributed by atoms with Gasteiger partial charge in [-0.15, -0.1) is 0 Å². The van der Waals surface area contributed by atoms with Crippen LogP contribution in [0.3, 0.4) is 0 Å². The number of amides is 1. The van der Waals surface area contributed by atoms with Crippen molar-refractivity contribution >= 4 is 34.3 Å². The highest BCUT2D eigenvalue weighted by atomic mass is 35.5. The van der Waals surface area contributed by atoms with Gasteiger partial charge in [-0.25, -0.2) is 4.98 Å². The number of aromatic nitrogens is 1. The fourth-order valence-corrected chi connectivity index (χ4v) is 3.23. The second-order valence-corrected chi connectivity index (χ2v) is 6.96. The number of carbonyl (C=O) groups is 1. The Hall–Kier alpha value is -3.51. The summed E-state index contributed by atoms with van der Waals surface area (Å²) in [7, 11) is 0. The number of nitrogens with zero attached hydrogens (tertiary/aromatic N) is 1. The molecular weight excluding hydrogens is 392 g/mol. The lowest BCUT2D eigenvalue weighted by Gasteiger charge is -2.18. The van der Waals surface area contributed by atoms with Crippen LogP contribution < -0.4 is 14.8 Å². The summed E-state index contributed by atoms with van der Waals surface area (Å²) >= 11 is 5.93. The zero-order chi connectivity index (χ0) is 19.8. The van der Waals surface area contributed by atoms with Crippen LogP contribution in [0.1, 0.15) is 10.4 Å². The predicted octanol–water partition coefficient (Wildman–Crippen LogP) is 5.17. The minimum Gasteiger partial charge on any atom is -0.486 e. The van der Waals surface area contributed by atoms with Crippen molar-refractivity contribution in [2.45, 2.75) is 0 Å². The third kappa shape index (κ3) is 3.50. The lowest BCUT2D eigenvalue weighted by Crippen LogP contribution is -2.17. The van der Waals surface area contributed by atoms with Gasteiger partial charge in [0, 0.05) is 21.8 Å². The smallest absolute Gasteiger partial charge is 0.255 e. The summed E-state index contributed by atoms with van der Waals surface area (Å²) in [6.45, 7) is 0.977. The molecule has 5 rings (SSSR count). The van der Waals surface area contributed by atoms with Gasteiger partial charge in [0.15, 0.2) is 17.1 Å². The van der Waals surface area contributed by atoms with Crippen LogP contribution in [0.4, 0.5) is 5.69 Å². The Kier molecular flexibility index (Phi) is 4.33. The van der Waals surface area contributed by atoms with Crippen molar-refractivity contribution in [2.75, 3.05) is 18.5 Å². The molecule has 29 heavy (non-hydrogen) atoms. The molecule has 144 valence electrons. The first-order valence-electron chi connectivity index (χ1n) is 9.03. The number of hydrogen-bond acceptors (Lipinski definition) is 5. The molecule has 0 fully saturated rings. The van der Waals surface area contributed by atoms with E-state index in [0.717, 1.165) is 5.56 Å². The number of anilines is 1. The molecule has 0 aliphatic carbocycles. The van der Waals surface area contributed by atoms with E-state index in [2.05, 4.69) is 10.3 Å². The van der Waals surface area contributed by atoms with Gasteiger partial charge in [0.05, 0.1) is 0 Å². The molecule has 1 N–H and O–H groups in total. The number of ether oxygens (including phenoxy) is 2. The van der Waals surface area contributed by atoms with Crippen molar-refractivity contribution in [2.24, 2.45) is 0 Å². The first-order chi connectivity index (χ1) is 14.2. The van der Waals surface area contributed by atoms with E-state index in [-0.39, 0.29) is 5.91 Å². The summed E-state index contributed by atoms with van der Waals surface area (Å²) in [4.78, 5) is 17.1. The molecule has 7 heteroatoms. The van der Waals surface area contributed by atoms with E-state index < -0.39 is 0 Å². The number of carbonyl (C=O) groups excluding carboxylic acids is 1. The zero-order valence-corrected chi connectivity index (χ0v) is 15.9. The summed E-state index contributed by atoms with van der Waals surface area (Å²) in [5, 5.41) is 3.53. The van der Waals surface area contributed by atoms with E-state index in [1.54, 1.807) is 48.5 Å². The maximum Gasteiger partial charge on any atom is 0.255 e. The number of oxazole rings is 1. The van der Waals surface area contributed by atoms with Gasteiger partial charge < -0.3 is 19.2 Å². The van der Waals surface area contributed by atoms with Crippen LogP contribution in [0.15, 0.2) is 65.1 Å². The molecule has 0 bridgehead atoms. The van der Waals surface area contributed by atoms with Crippen molar-refractivity contribution in [1.29, 1.82) is 0 Å². The summed E-state index contributed by atoms with van der Waals surface area (Å²) in [5.74, 6) is 1.46. The van der Waals surface area contributed by atoms with E-state index in [0.29, 0.717) is 58.0 Å². The average Bonchev–Trinajstić information content (AvgIpc) is 3.17. The number of halogens is 1. The first-order valence-corrected chi connectivity index (χ1v) is 9.41. The predicted molar refractivity (Wildman–Crippen MR) is 110 cm³/mol. The molecule has 1 amide bonds. The number of nitrogens with one attached hydrogen (secondary N) is 1. The molecule has 0 radical (unpaired) electrons. The van der Waals surface area contributed by atoms with Crippen molar-refractivity contribution in [3.63, 3.8) is 0 Å². The topological polar surface area (TPSA) is 73.6 Å². The molecule has 4 aromatic rings. The fraction of sp³-hybridized carbons (Fsp3) is 0.0909. The fourth-order valence-electron chi connectivity index (χ4n) is 3.11. The van der Waals surface area contributed by atoms with Crippen molar-refractivity contribution < 1.29 is 18.7 Å². The summed E-state index contributed by atoms with van der Waals surface area (Å²) in [6.07, 6.45) is 0. The van der Waals surface area contributed by atoms with Crippen molar-refractivity contribution in [3.8, 4) is 23.0 Å². The molecule has 1 aliphatic heterocycles. The van der Waals surface area contributed by atoms with E-state index >= 15 is 0 Å². The Bertz CT molecular complexity index is 1220. The molecule has 2 heterocycles. The van der Waals surface area contributed by atoms with Crippen LogP contribution in [0.25, 0.3) is 22.6 Å².